The predicted molar refractivity (Wildman–Crippen MR) is 79.7 cm³/mol. The van der Waals surface area contributed by atoms with Crippen LogP contribution in [0.1, 0.15) is 36.1 Å². The minimum absolute atomic E-state index is 0.376. The van der Waals surface area contributed by atoms with Crippen LogP contribution in [-0.2, 0) is 13.0 Å². The predicted octanol–water partition coefficient (Wildman–Crippen LogP) is 3.26. The first-order valence-electron chi connectivity index (χ1n) is 7.24. The van der Waals surface area contributed by atoms with E-state index in [0.29, 0.717) is 6.04 Å². The molecule has 20 heavy (non-hydrogen) atoms. The molecule has 0 saturated heterocycles. The van der Waals surface area contributed by atoms with Gasteiger partial charge in [0.05, 0.1) is 6.61 Å². The van der Waals surface area contributed by atoms with E-state index in [2.05, 4.69) is 41.5 Å². The van der Waals surface area contributed by atoms with Crippen molar-refractivity contribution in [1.29, 1.82) is 0 Å². The summed E-state index contributed by atoms with van der Waals surface area (Å²) in [5, 5.41) is 3.61. The van der Waals surface area contributed by atoms with E-state index in [9.17, 15) is 0 Å². The standard InChI is InChI=1S/C17H20N2O/c1-2-16(19-12-13-4-3-8-18-11-13)14-5-6-17-15(10-14)7-9-20-17/h3-6,8,10-11,16,19H,2,7,9,12H2,1H3. The van der Waals surface area contributed by atoms with Gasteiger partial charge in [0.15, 0.2) is 0 Å². The van der Waals surface area contributed by atoms with Crippen LogP contribution in [0.2, 0.25) is 0 Å². The van der Waals surface area contributed by atoms with Crippen molar-refractivity contribution in [3.05, 3.63) is 59.4 Å². The molecule has 3 rings (SSSR count). The second kappa shape index (κ2) is 6.06. The first-order valence-corrected chi connectivity index (χ1v) is 7.24. The van der Waals surface area contributed by atoms with Crippen LogP contribution in [0.5, 0.6) is 5.75 Å². The van der Waals surface area contributed by atoms with Crippen molar-refractivity contribution in [2.75, 3.05) is 6.61 Å². The molecule has 0 amide bonds. The van der Waals surface area contributed by atoms with E-state index in [4.69, 9.17) is 4.74 Å². The van der Waals surface area contributed by atoms with Gasteiger partial charge in [-0.1, -0.05) is 25.1 Å². The fourth-order valence-corrected chi connectivity index (χ4v) is 2.66. The van der Waals surface area contributed by atoms with Gasteiger partial charge in [-0.25, -0.2) is 0 Å². The Morgan fingerprint density at radius 1 is 1.35 bits per heavy atom. The quantitative estimate of drug-likeness (QED) is 0.903. The highest BCUT2D eigenvalue weighted by atomic mass is 16.5. The van der Waals surface area contributed by atoms with E-state index in [0.717, 1.165) is 31.7 Å². The van der Waals surface area contributed by atoms with Gasteiger partial charge in [-0.2, -0.15) is 0 Å². The van der Waals surface area contributed by atoms with Crippen LogP contribution in [0.3, 0.4) is 0 Å². The van der Waals surface area contributed by atoms with Crippen LogP contribution in [0.15, 0.2) is 42.7 Å². The normalized spacial score (nSPS) is 14.7. The molecule has 1 N–H and O–H groups in total. The van der Waals surface area contributed by atoms with Gasteiger partial charge in [0.1, 0.15) is 5.75 Å². The topological polar surface area (TPSA) is 34.2 Å². The molecule has 104 valence electrons. The highest BCUT2D eigenvalue weighted by Crippen LogP contribution is 2.29. The van der Waals surface area contributed by atoms with Gasteiger partial charge in [-0.3, -0.25) is 4.98 Å². The summed E-state index contributed by atoms with van der Waals surface area (Å²) in [5.41, 5.74) is 3.90. The molecular weight excluding hydrogens is 248 g/mol. The van der Waals surface area contributed by atoms with Crippen LogP contribution in [0, 0.1) is 0 Å². The maximum Gasteiger partial charge on any atom is 0.122 e. The molecule has 2 aromatic rings. The number of nitrogens with one attached hydrogen (secondary N) is 1. The summed E-state index contributed by atoms with van der Waals surface area (Å²) in [6.07, 6.45) is 5.82. The lowest BCUT2D eigenvalue weighted by Crippen LogP contribution is -2.20. The molecule has 1 aromatic carbocycles. The average Bonchev–Trinajstić information content (AvgIpc) is 2.96. The smallest absolute Gasteiger partial charge is 0.122 e. The summed E-state index contributed by atoms with van der Waals surface area (Å²) >= 11 is 0. The van der Waals surface area contributed by atoms with Crippen LogP contribution in [-0.4, -0.2) is 11.6 Å². The molecule has 1 aliphatic rings. The Labute approximate surface area is 120 Å². The Morgan fingerprint density at radius 2 is 2.30 bits per heavy atom. The number of hydrogen-bond acceptors (Lipinski definition) is 3. The Kier molecular flexibility index (Phi) is 3.97. The third-order valence-corrected chi connectivity index (χ3v) is 3.80. The van der Waals surface area contributed by atoms with Crippen LogP contribution in [0.4, 0.5) is 0 Å². The molecule has 1 aromatic heterocycles. The Morgan fingerprint density at radius 3 is 3.10 bits per heavy atom. The van der Waals surface area contributed by atoms with E-state index in [1.165, 1.54) is 16.7 Å². The molecule has 0 radical (unpaired) electrons. The van der Waals surface area contributed by atoms with Crippen molar-refractivity contribution in [1.82, 2.24) is 10.3 Å². The van der Waals surface area contributed by atoms with Crippen molar-refractivity contribution < 1.29 is 4.74 Å². The summed E-state index contributed by atoms with van der Waals surface area (Å²) in [6, 6.07) is 11.0. The second-order valence-electron chi connectivity index (χ2n) is 5.17. The van der Waals surface area contributed by atoms with Crippen molar-refractivity contribution >= 4 is 0 Å². The first-order chi connectivity index (χ1) is 9.86. The largest absolute Gasteiger partial charge is 0.493 e. The number of nitrogens with zero attached hydrogens (tertiary/aromatic N) is 1. The Bertz CT molecular complexity index is 568. The summed E-state index contributed by atoms with van der Waals surface area (Å²) in [5.74, 6) is 1.05. The SMILES string of the molecule is CCC(NCc1cccnc1)c1ccc2c(c1)CCO2. The van der Waals surface area contributed by atoms with Gasteiger partial charge in [0, 0.05) is 31.4 Å². The number of pyridine rings is 1. The Balaban J connectivity index is 1.70. The molecule has 3 nitrogen and oxygen atoms in total. The van der Waals surface area contributed by atoms with Crippen LogP contribution >= 0.6 is 0 Å². The molecule has 1 unspecified atom stereocenters. The molecule has 1 atom stereocenters. The minimum Gasteiger partial charge on any atom is -0.493 e. The first kappa shape index (κ1) is 13.1. The van der Waals surface area contributed by atoms with Gasteiger partial charge in [-0.05, 0) is 35.2 Å². The number of fused-ring (bicyclic) bond motifs is 1. The summed E-state index contributed by atoms with van der Waals surface area (Å²) in [6.45, 7) is 3.88. The van der Waals surface area contributed by atoms with Gasteiger partial charge in [0.25, 0.3) is 0 Å². The minimum atomic E-state index is 0.376. The third-order valence-electron chi connectivity index (χ3n) is 3.80. The maximum atomic E-state index is 5.57. The lowest BCUT2D eigenvalue weighted by Gasteiger charge is -2.18. The lowest BCUT2D eigenvalue weighted by atomic mass is 10.0. The molecule has 1 aliphatic heterocycles. The second-order valence-corrected chi connectivity index (χ2v) is 5.17. The van der Waals surface area contributed by atoms with Gasteiger partial charge >= 0.3 is 0 Å². The van der Waals surface area contributed by atoms with Crippen molar-refractivity contribution in [2.45, 2.75) is 32.4 Å². The van der Waals surface area contributed by atoms with E-state index in [1.807, 2.05) is 12.3 Å². The lowest BCUT2D eigenvalue weighted by molar-refractivity contribution is 0.356. The highest BCUT2D eigenvalue weighted by Gasteiger charge is 2.15. The van der Waals surface area contributed by atoms with Crippen molar-refractivity contribution in [2.24, 2.45) is 0 Å². The fourth-order valence-electron chi connectivity index (χ4n) is 2.66. The zero-order valence-corrected chi connectivity index (χ0v) is 11.8. The van der Waals surface area contributed by atoms with Crippen molar-refractivity contribution in [3.63, 3.8) is 0 Å². The number of ether oxygens (including phenoxy) is 1. The molecule has 0 spiro atoms. The Hall–Kier alpha value is -1.87. The fraction of sp³-hybridized carbons (Fsp3) is 0.353. The van der Waals surface area contributed by atoms with Crippen LogP contribution in [0.25, 0.3) is 0 Å². The number of benzene rings is 1. The molecule has 2 heterocycles. The highest BCUT2D eigenvalue weighted by molar-refractivity contribution is 5.40. The van der Waals surface area contributed by atoms with E-state index >= 15 is 0 Å². The van der Waals surface area contributed by atoms with Crippen molar-refractivity contribution in [3.8, 4) is 5.75 Å². The average molecular weight is 268 g/mol. The molecule has 0 saturated carbocycles. The molecule has 3 heteroatoms. The van der Waals surface area contributed by atoms with Crippen LogP contribution < -0.4 is 10.1 Å². The molecular formula is C17H20N2O. The zero-order valence-electron chi connectivity index (χ0n) is 11.8. The summed E-state index contributed by atoms with van der Waals surface area (Å²) in [4.78, 5) is 4.15. The van der Waals surface area contributed by atoms with E-state index in [1.54, 1.807) is 6.20 Å². The van der Waals surface area contributed by atoms with Gasteiger partial charge < -0.3 is 10.1 Å². The summed E-state index contributed by atoms with van der Waals surface area (Å²) in [7, 11) is 0. The number of aromatic nitrogens is 1. The summed E-state index contributed by atoms with van der Waals surface area (Å²) < 4.78 is 5.57. The van der Waals surface area contributed by atoms with E-state index < -0.39 is 0 Å². The number of rotatable bonds is 5. The molecule has 0 bridgehead atoms. The molecule has 0 fully saturated rings. The van der Waals surface area contributed by atoms with Gasteiger partial charge in [-0.15, -0.1) is 0 Å². The third kappa shape index (κ3) is 2.83. The van der Waals surface area contributed by atoms with E-state index in [-0.39, 0.29) is 0 Å². The van der Waals surface area contributed by atoms with Gasteiger partial charge in [0.2, 0.25) is 0 Å². The molecule has 0 aliphatic carbocycles. The monoisotopic (exact) mass is 268 g/mol. The zero-order chi connectivity index (χ0) is 13.8. The maximum absolute atomic E-state index is 5.57. The number of hydrogen-bond donors (Lipinski definition) is 1.